The first kappa shape index (κ1) is 12.7. The van der Waals surface area contributed by atoms with Gasteiger partial charge in [0.25, 0.3) is 5.76 Å². The fourth-order valence-corrected chi connectivity index (χ4v) is 1.55. The van der Waals surface area contributed by atoms with E-state index in [2.05, 4.69) is 5.32 Å². The molecule has 0 aliphatic rings. The van der Waals surface area contributed by atoms with Crippen molar-refractivity contribution in [2.75, 3.05) is 5.32 Å². The molecule has 5 heteroatoms. The Balaban J connectivity index is 2.61. The molecule has 1 amide bonds. The minimum atomic E-state index is -2.43. The second-order valence-corrected chi connectivity index (χ2v) is 3.96. The van der Waals surface area contributed by atoms with Crippen molar-refractivity contribution in [3.05, 3.63) is 36.4 Å². The van der Waals surface area contributed by atoms with Gasteiger partial charge in [-0.05, 0) is 37.3 Å². The standard InChI is InChI=1S/C11H11F2NOS/c1-2-3-10(15)14-8-4-6-9(7-5-8)16-11(12)13/h2-7,11H,1H3,(H,14,15). The maximum atomic E-state index is 12.0. The van der Waals surface area contributed by atoms with E-state index in [9.17, 15) is 13.6 Å². The first-order chi connectivity index (χ1) is 7.61. The Bertz CT molecular complexity index is 376. The molecule has 0 bridgehead atoms. The maximum absolute atomic E-state index is 12.0. The number of thioether (sulfide) groups is 1. The van der Waals surface area contributed by atoms with Gasteiger partial charge < -0.3 is 5.32 Å². The van der Waals surface area contributed by atoms with Gasteiger partial charge in [-0.15, -0.1) is 0 Å². The Morgan fingerprint density at radius 2 is 2.00 bits per heavy atom. The zero-order valence-corrected chi connectivity index (χ0v) is 9.43. The Labute approximate surface area is 96.7 Å². The molecule has 0 aliphatic heterocycles. The van der Waals surface area contributed by atoms with E-state index in [1.807, 2.05) is 0 Å². The van der Waals surface area contributed by atoms with E-state index < -0.39 is 5.76 Å². The van der Waals surface area contributed by atoms with Gasteiger partial charge in [-0.3, -0.25) is 4.79 Å². The van der Waals surface area contributed by atoms with E-state index in [1.165, 1.54) is 6.08 Å². The monoisotopic (exact) mass is 243 g/mol. The maximum Gasteiger partial charge on any atom is 0.288 e. The van der Waals surface area contributed by atoms with E-state index in [-0.39, 0.29) is 5.91 Å². The third kappa shape index (κ3) is 4.44. The van der Waals surface area contributed by atoms with Gasteiger partial charge in [0.15, 0.2) is 0 Å². The molecule has 1 rings (SSSR count). The van der Waals surface area contributed by atoms with E-state index in [0.717, 1.165) is 0 Å². The summed E-state index contributed by atoms with van der Waals surface area (Å²) in [6.45, 7) is 1.74. The summed E-state index contributed by atoms with van der Waals surface area (Å²) in [5, 5.41) is 2.60. The molecule has 0 aliphatic carbocycles. The van der Waals surface area contributed by atoms with Crippen molar-refractivity contribution in [2.45, 2.75) is 17.6 Å². The number of benzene rings is 1. The van der Waals surface area contributed by atoms with Gasteiger partial charge in [-0.1, -0.05) is 17.8 Å². The molecule has 0 aromatic heterocycles. The highest BCUT2D eigenvalue weighted by Crippen LogP contribution is 2.26. The first-order valence-electron chi connectivity index (χ1n) is 4.60. The van der Waals surface area contributed by atoms with Gasteiger partial charge in [0.1, 0.15) is 0 Å². The van der Waals surface area contributed by atoms with Crippen LogP contribution in [0.25, 0.3) is 0 Å². The molecule has 0 fully saturated rings. The summed E-state index contributed by atoms with van der Waals surface area (Å²) in [6, 6.07) is 6.27. The normalized spacial score (nSPS) is 11.0. The summed E-state index contributed by atoms with van der Waals surface area (Å²) >= 11 is 0.476. The molecule has 16 heavy (non-hydrogen) atoms. The zero-order valence-electron chi connectivity index (χ0n) is 8.61. The quantitative estimate of drug-likeness (QED) is 0.647. The van der Waals surface area contributed by atoms with Crippen LogP contribution in [0.1, 0.15) is 6.92 Å². The van der Waals surface area contributed by atoms with Crippen LogP contribution in [0, 0.1) is 0 Å². The fourth-order valence-electron chi connectivity index (χ4n) is 1.06. The summed E-state index contributed by atoms with van der Waals surface area (Å²) in [6.07, 6.45) is 3.01. The third-order valence-corrected chi connectivity index (χ3v) is 2.39. The summed E-state index contributed by atoms with van der Waals surface area (Å²) in [7, 11) is 0. The third-order valence-electron chi connectivity index (χ3n) is 1.67. The predicted octanol–water partition coefficient (Wildman–Crippen LogP) is 3.52. The number of hydrogen-bond acceptors (Lipinski definition) is 2. The van der Waals surface area contributed by atoms with Crippen molar-refractivity contribution < 1.29 is 13.6 Å². The van der Waals surface area contributed by atoms with Crippen molar-refractivity contribution in [1.82, 2.24) is 0 Å². The lowest BCUT2D eigenvalue weighted by atomic mass is 10.3. The largest absolute Gasteiger partial charge is 0.323 e. The summed E-state index contributed by atoms with van der Waals surface area (Å²) in [5.41, 5.74) is 0.585. The second-order valence-electron chi connectivity index (χ2n) is 2.89. The molecule has 0 spiro atoms. The molecule has 0 unspecified atom stereocenters. The number of amides is 1. The Kier molecular flexibility index (Phi) is 4.98. The van der Waals surface area contributed by atoms with Crippen molar-refractivity contribution >= 4 is 23.4 Å². The average Bonchev–Trinajstić information content (AvgIpc) is 2.20. The highest BCUT2D eigenvalue weighted by atomic mass is 32.2. The smallest absolute Gasteiger partial charge is 0.288 e. The van der Waals surface area contributed by atoms with Crippen LogP contribution in [0.3, 0.4) is 0 Å². The Hall–Kier alpha value is -1.36. The van der Waals surface area contributed by atoms with Gasteiger partial charge in [-0.25, -0.2) is 0 Å². The molecule has 0 saturated heterocycles. The Morgan fingerprint density at radius 3 is 2.50 bits per heavy atom. The lowest BCUT2D eigenvalue weighted by molar-refractivity contribution is -0.111. The topological polar surface area (TPSA) is 29.1 Å². The molecular formula is C11H11F2NOS. The number of carbonyl (C=O) groups excluding carboxylic acids is 1. The molecule has 2 nitrogen and oxygen atoms in total. The highest BCUT2D eigenvalue weighted by Gasteiger charge is 2.05. The highest BCUT2D eigenvalue weighted by molar-refractivity contribution is 7.99. The van der Waals surface area contributed by atoms with Crippen molar-refractivity contribution in [2.24, 2.45) is 0 Å². The molecule has 0 saturated carbocycles. The minimum Gasteiger partial charge on any atom is -0.323 e. The van der Waals surface area contributed by atoms with Crippen LogP contribution >= 0.6 is 11.8 Å². The van der Waals surface area contributed by atoms with Crippen LogP contribution in [-0.2, 0) is 4.79 Å². The molecule has 0 heterocycles. The number of hydrogen-bond donors (Lipinski definition) is 1. The van der Waals surface area contributed by atoms with Crippen LogP contribution in [0.5, 0.6) is 0 Å². The average molecular weight is 243 g/mol. The SMILES string of the molecule is CC=CC(=O)Nc1ccc(SC(F)F)cc1. The van der Waals surface area contributed by atoms with E-state index >= 15 is 0 Å². The van der Waals surface area contributed by atoms with E-state index in [0.29, 0.717) is 22.3 Å². The molecule has 1 aromatic carbocycles. The summed E-state index contributed by atoms with van der Waals surface area (Å²) < 4.78 is 24.0. The number of rotatable bonds is 4. The predicted molar refractivity (Wildman–Crippen MR) is 61.7 cm³/mol. The molecule has 0 radical (unpaired) electrons. The van der Waals surface area contributed by atoms with Gasteiger partial charge in [-0.2, -0.15) is 8.78 Å². The molecule has 1 N–H and O–H groups in total. The lowest BCUT2D eigenvalue weighted by Gasteiger charge is -2.03. The van der Waals surface area contributed by atoms with E-state index in [4.69, 9.17) is 0 Å². The van der Waals surface area contributed by atoms with Crippen molar-refractivity contribution in [3.8, 4) is 0 Å². The van der Waals surface area contributed by atoms with Gasteiger partial charge in [0, 0.05) is 10.6 Å². The number of anilines is 1. The van der Waals surface area contributed by atoms with Crippen LogP contribution in [0.2, 0.25) is 0 Å². The minimum absolute atomic E-state index is 0.239. The van der Waals surface area contributed by atoms with Crippen LogP contribution in [-0.4, -0.2) is 11.7 Å². The molecule has 86 valence electrons. The summed E-state index contributed by atoms with van der Waals surface area (Å²) in [5.74, 6) is -2.67. The number of nitrogens with one attached hydrogen (secondary N) is 1. The number of alkyl halides is 2. The zero-order chi connectivity index (χ0) is 12.0. The first-order valence-corrected chi connectivity index (χ1v) is 5.48. The van der Waals surface area contributed by atoms with Gasteiger partial charge in [0.2, 0.25) is 5.91 Å². The van der Waals surface area contributed by atoms with Crippen molar-refractivity contribution in [1.29, 1.82) is 0 Å². The van der Waals surface area contributed by atoms with Gasteiger partial charge in [0.05, 0.1) is 0 Å². The van der Waals surface area contributed by atoms with Crippen LogP contribution in [0.4, 0.5) is 14.5 Å². The number of allylic oxidation sites excluding steroid dienone is 1. The second kappa shape index (κ2) is 6.27. The van der Waals surface area contributed by atoms with Gasteiger partial charge >= 0.3 is 0 Å². The van der Waals surface area contributed by atoms with Crippen molar-refractivity contribution in [3.63, 3.8) is 0 Å². The number of carbonyl (C=O) groups is 1. The van der Waals surface area contributed by atoms with E-state index in [1.54, 1.807) is 37.3 Å². The number of halogens is 2. The molecule has 0 atom stereocenters. The molecule has 1 aromatic rings. The molecular weight excluding hydrogens is 232 g/mol. The lowest BCUT2D eigenvalue weighted by Crippen LogP contribution is -2.07. The Morgan fingerprint density at radius 1 is 1.38 bits per heavy atom. The summed E-state index contributed by atoms with van der Waals surface area (Å²) in [4.78, 5) is 11.6. The van der Waals surface area contributed by atoms with Crippen LogP contribution < -0.4 is 5.32 Å². The fraction of sp³-hybridized carbons (Fsp3) is 0.182. The van der Waals surface area contributed by atoms with Crippen LogP contribution in [0.15, 0.2) is 41.3 Å².